The molecule has 0 aliphatic rings. The molecule has 0 spiro atoms. The molecule has 0 radical (unpaired) electrons. The molecule has 0 saturated carbocycles. The molecule has 0 aliphatic carbocycles. The van der Waals surface area contributed by atoms with Crippen LogP contribution in [0.2, 0.25) is 5.02 Å². The molecular weight excluding hydrogens is 280 g/mol. The molecule has 1 aromatic heterocycles. The van der Waals surface area contributed by atoms with Gasteiger partial charge in [0.05, 0.1) is 10.6 Å². The number of carbonyl (C=O) groups excluding carboxylic acids is 2. The summed E-state index contributed by atoms with van der Waals surface area (Å²) in [5, 5.41) is 2.82. The van der Waals surface area contributed by atoms with Gasteiger partial charge in [-0.1, -0.05) is 18.5 Å². The first-order chi connectivity index (χ1) is 9.51. The maximum atomic E-state index is 11.9. The number of nitrogens with one attached hydrogen (secondary N) is 1. The van der Waals surface area contributed by atoms with Gasteiger partial charge < -0.3 is 15.5 Å². The van der Waals surface area contributed by atoms with Gasteiger partial charge in [-0.15, -0.1) is 0 Å². The van der Waals surface area contributed by atoms with Crippen molar-refractivity contribution in [3.63, 3.8) is 0 Å². The van der Waals surface area contributed by atoms with Gasteiger partial charge in [0.2, 0.25) is 5.91 Å². The van der Waals surface area contributed by atoms with Gasteiger partial charge in [-0.05, 0) is 30.3 Å². The van der Waals surface area contributed by atoms with E-state index in [1.54, 1.807) is 18.2 Å². The average molecular weight is 293 g/mol. The fourth-order valence-corrected chi connectivity index (χ4v) is 1.95. The maximum absolute atomic E-state index is 11.9. The van der Waals surface area contributed by atoms with Crippen LogP contribution in [0.3, 0.4) is 0 Å². The molecule has 5 nitrogen and oxygen atoms in total. The summed E-state index contributed by atoms with van der Waals surface area (Å²) in [6, 6.07) is 7.82. The zero-order chi connectivity index (χ0) is 14.7. The van der Waals surface area contributed by atoms with Crippen molar-refractivity contribution in [1.29, 1.82) is 0 Å². The van der Waals surface area contributed by atoms with Crippen molar-refractivity contribution < 1.29 is 14.0 Å². The van der Waals surface area contributed by atoms with Gasteiger partial charge in [0.1, 0.15) is 5.76 Å². The number of primary amides is 1. The minimum absolute atomic E-state index is 0.184. The smallest absolute Gasteiger partial charge is 0.291 e. The monoisotopic (exact) mass is 292 g/mol. The highest BCUT2D eigenvalue weighted by Gasteiger charge is 2.13. The van der Waals surface area contributed by atoms with Crippen molar-refractivity contribution in [1.82, 2.24) is 0 Å². The van der Waals surface area contributed by atoms with E-state index < -0.39 is 5.91 Å². The molecule has 0 saturated heterocycles. The number of halogens is 1. The van der Waals surface area contributed by atoms with Crippen LogP contribution in [0.5, 0.6) is 0 Å². The van der Waals surface area contributed by atoms with Gasteiger partial charge in [-0.25, -0.2) is 0 Å². The zero-order valence-corrected chi connectivity index (χ0v) is 11.5. The number of carbonyl (C=O) groups is 2. The SMILES string of the molecule is CCc1ccc(C(=O)Nc2ccc(C(N)=O)c(Cl)c2)o1. The Kier molecular flexibility index (Phi) is 4.10. The lowest BCUT2D eigenvalue weighted by atomic mass is 10.2. The third-order valence-electron chi connectivity index (χ3n) is 2.73. The second kappa shape index (κ2) is 5.79. The molecule has 1 heterocycles. The van der Waals surface area contributed by atoms with Crippen LogP contribution in [-0.2, 0) is 6.42 Å². The standard InChI is InChI=1S/C14H13ClN2O3/c1-2-9-4-6-12(20-9)14(19)17-8-3-5-10(13(16)18)11(15)7-8/h3-7H,2H2,1H3,(H2,16,18)(H,17,19). The molecule has 1 aromatic carbocycles. The van der Waals surface area contributed by atoms with Gasteiger partial charge in [-0.3, -0.25) is 9.59 Å². The lowest BCUT2D eigenvalue weighted by molar-refractivity contribution is 0.0990. The van der Waals surface area contributed by atoms with Crippen molar-refractivity contribution >= 4 is 29.1 Å². The summed E-state index contributed by atoms with van der Waals surface area (Å²) >= 11 is 5.90. The fraction of sp³-hybridized carbons (Fsp3) is 0.143. The summed E-state index contributed by atoms with van der Waals surface area (Å²) < 4.78 is 5.34. The number of furan rings is 1. The van der Waals surface area contributed by atoms with Crippen LogP contribution >= 0.6 is 11.6 Å². The van der Waals surface area contributed by atoms with Gasteiger partial charge in [0.15, 0.2) is 5.76 Å². The zero-order valence-electron chi connectivity index (χ0n) is 10.8. The number of hydrogen-bond donors (Lipinski definition) is 2. The molecular formula is C14H13ClN2O3. The van der Waals surface area contributed by atoms with Gasteiger partial charge in [0, 0.05) is 12.1 Å². The first-order valence-corrected chi connectivity index (χ1v) is 6.38. The minimum Gasteiger partial charge on any atom is -0.456 e. The predicted molar refractivity (Wildman–Crippen MR) is 76.0 cm³/mol. The molecule has 3 N–H and O–H groups in total. The van der Waals surface area contributed by atoms with Crippen LogP contribution in [-0.4, -0.2) is 11.8 Å². The van der Waals surface area contributed by atoms with E-state index in [1.165, 1.54) is 12.1 Å². The van der Waals surface area contributed by atoms with Crippen LogP contribution in [0.1, 0.15) is 33.6 Å². The van der Waals surface area contributed by atoms with E-state index in [0.717, 1.165) is 5.76 Å². The van der Waals surface area contributed by atoms with Gasteiger partial charge >= 0.3 is 0 Å². The topological polar surface area (TPSA) is 85.3 Å². The molecule has 0 fully saturated rings. The van der Waals surface area contributed by atoms with E-state index in [9.17, 15) is 9.59 Å². The Morgan fingerprint density at radius 3 is 2.60 bits per heavy atom. The summed E-state index contributed by atoms with van der Waals surface area (Å²) in [5.74, 6) is -0.0479. The number of hydrogen-bond acceptors (Lipinski definition) is 3. The van der Waals surface area contributed by atoms with Crippen molar-refractivity contribution in [2.24, 2.45) is 5.73 Å². The van der Waals surface area contributed by atoms with Crippen LogP contribution < -0.4 is 11.1 Å². The lowest BCUT2D eigenvalue weighted by Gasteiger charge is -2.05. The van der Waals surface area contributed by atoms with E-state index in [4.69, 9.17) is 21.8 Å². The largest absolute Gasteiger partial charge is 0.456 e. The number of amides is 2. The Balaban J connectivity index is 2.15. The molecule has 20 heavy (non-hydrogen) atoms. The van der Waals surface area contributed by atoms with Crippen LogP contribution in [0.15, 0.2) is 34.7 Å². The van der Waals surface area contributed by atoms with Crippen LogP contribution in [0.25, 0.3) is 0 Å². The summed E-state index contributed by atoms with van der Waals surface area (Å²) in [5.41, 5.74) is 5.81. The second-order valence-electron chi connectivity index (χ2n) is 4.13. The fourth-order valence-electron chi connectivity index (χ4n) is 1.68. The Labute approximate surface area is 120 Å². The van der Waals surface area contributed by atoms with Crippen molar-refractivity contribution in [3.8, 4) is 0 Å². The highest BCUT2D eigenvalue weighted by atomic mass is 35.5. The molecule has 0 aliphatic heterocycles. The Bertz CT molecular complexity index is 664. The Morgan fingerprint density at radius 1 is 1.30 bits per heavy atom. The number of rotatable bonds is 4. The van der Waals surface area contributed by atoms with E-state index in [0.29, 0.717) is 12.1 Å². The third kappa shape index (κ3) is 3.00. The Morgan fingerprint density at radius 2 is 2.05 bits per heavy atom. The summed E-state index contributed by atoms with van der Waals surface area (Å²) in [4.78, 5) is 23.0. The predicted octanol–water partition coefficient (Wildman–Crippen LogP) is 2.85. The molecule has 2 rings (SSSR count). The van der Waals surface area contributed by atoms with E-state index in [-0.39, 0.29) is 22.3 Å². The van der Waals surface area contributed by atoms with E-state index in [1.807, 2.05) is 6.92 Å². The van der Waals surface area contributed by atoms with Crippen molar-refractivity contribution in [2.45, 2.75) is 13.3 Å². The highest BCUT2D eigenvalue weighted by Crippen LogP contribution is 2.21. The number of anilines is 1. The quantitative estimate of drug-likeness (QED) is 0.908. The van der Waals surface area contributed by atoms with Crippen molar-refractivity contribution in [3.05, 3.63) is 52.4 Å². The summed E-state index contributed by atoms with van der Waals surface area (Å²) in [7, 11) is 0. The lowest BCUT2D eigenvalue weighted by Crippen LogP contribution is -2.13. The average Bonchev–Trinajstić information content (AvgIpc) is 2.87. The van der Waals surface area contributed by atoms with Gasteiger partial charge in [0.25, 0.3) is 5.91 Å². The van der Waals surface area contributed by atoms with E-state index in [2.05, 4.69) is 5.32 Å². The van der Waals surface area contributed by atoms with Crippen molar-refractivity contribution in [2.75, 3.05) is 5.32 Å². The molecule has 0 bridgehead atoms. The number of nitrogens with two attached hydrogens (primary N) is 1. The molecule has 0 unspecified atom stereocenters. The second-order valence-corrected chi connectivity index (χ2v) is 4.54. The molecule has 104 valence electrons. The first kappa shape index (κ1) is 14.1. The highest BCUT2D eigenvalue weighted by molar-refractivity contribution is 6.34. The minimum atomic E-state index is -0.619. The summed E-state index contributed by atoms with van der Waals surface area (Å²) in [6.45, 7) is 1.93. The van der Waals surface area contributed by atoms with Gasteiger partial charge in [-0.2, -0.15) is 0 Å². The molecule has 2 amide bonds. The normalized spacial score (nSPS) is 10.3. The third-order valence-corrected chi connectivity index (χ3v) is 3.04. The number of benzene rings is 1. The van der Waals surface area contributed by atoms with Crippen LogP contribution in [0.4, 0.5) is 5.69 Å². The van der Waals surface area contributed by atoms with Crippen LogP contribution in [0, 0.1) is 0 Å². The first-order valence-electron chi connectivity index (χ1n) is 6.00. The summed E-state index contributed by atoms with van der Waals surface area (Å²) in [6.07, 6.45) is 0.715. The Hall–Kier alpha value is -2.27. The maximum Gasteiger partial charge on any atom is 0.291 e. The molecule has 6 heteroatoms. The molecule has 0 atom stereocenters. The molecule has 2 aromatic rings. The van der Waals surface area contributed by atoms with E-state index >= 15 is 0 Å². The number of aryl methyl sites for hydroxylation is 1.